The topological polar surface area (TPSA) is 53.5 Å². The van der Waals surface area contributed by atoms with Crippen molar-refractivity contribution in [2.75, 3.05) is 20.1 Å². The largest absolute Gasteiger partial charge is 0.365 e. The molecule has 0 fully saturated rings. The summed E-state index contributed by atoms with van der Waals surface area (Å²) in [5, 5.41) is 5.50. The maximum absolute atomic E-state index is 10.7. The second-order valence-corrected chi connectivity index (χ2v) is 2.46. The number of aliphatic imine (C=N–C) groups is 1. The lowest BCUT2D eigenvalue weighted by molar-refractivity contribution is -0.119. The maximum atomic E-state index is 10.7. The van der Waals surface area contributed by atoms with Gasteiger partial charge in [-0.25, -0.2) is 0 Å². The fraction of sp³-hybridized carbons (Fsp3) is 0.714. The molecule has 0 aromatic carbocycles. The van der Waals surface area contributed by atoms with Crippen LogP contribution in [-0.4, -0.2) is 31.9 Å². The molecule has 1 heterocycles. The average Bonchev–Trinajstić information content (AvgIpc) is 2.52. The van der Waals surface area contributed by atoms with E-state index in [9.17, 15) is 4.79 Å². The molecule has 1 amide bonds. The first-order valence-corrected chi connectivity index (χ1v) is 3.80. The summed E-state index contributed by atoms with van der Waals surface area (Å²) >= 11 is 0. The molecule has 1 rings (SSSR count). The van der Waals surface area contributed by atoms with Crippen molar-refractivity contribution in [3.8, 4) is 0 Å². The number of rotatable bonds is 2. The molecule has 0 saturated carbocycles. The van der Waals surface area contributed by atoms with Crippen LogP contribution in [0.1, 0.15) is 12.8 Å². The number of carbonyl (C=O) groups is 1. The third-order valence-corrected chi connectivity index (χ3v) is 1.61. The van der Waals surface area contributed by atoms with Crippen LogP contribution in [0.5, 0.6) is 0 Å². The Morgan fingerprint density at radius 2 is 2.55 bits per heavy atom. The Morgan fingerprint density at radius 3 is 3.09 bits per heavy atom. The van der Waals surface area contributed by atoms with E-state index in [0.29, 0.717) is 6.54 Å². The lowest BCUT2D eigenvalue weighted by Gasteiger charge is -2.02. The first-order valence-electron chi connectivity index (χ1n) is 3.80. The molecule has 4 nitrogen and oxygen atoms in total. The van der Waals surface area contributed by atoms with Crippen molar-refractivity contribution in [2.45, 2.75) is 12.8 Å². The molecule has 0 radical (unpaired) electrons. The van der Waals surface area contributed by atoms with Crippen LogP contribution in [-0.2, 0) is 4.79 Å². The highest BCUT2D eigenvalue weighted by Gasteiger charge is 2.05. The molecule has 0 bridgehead atoms. The van der Waals surface area contributed by atoms with Crippen molar-refractivity contribution in [1.29, 1.82) is 0 Å². The molecule has 0 aromatic rings. The highest BCUT2D eigenvalue weighted by Crippen LogP contribution is 2.00. The van der Waals surface area contributed by atoms with Crippen molar-refractivity contribution < 1.29 is 4.79 Å². The zero-order valence-electron chi connectivity index (χ0n) is 6.68. The summed E-state index contributed by atoms with van der Waals surface area (Å²) in [6.07, 6.45) is 2.09. The smallest absolute Gasteiger partial charge is 0.239 e. The van der Waals surface area contributed by atoms with Crippen molar-refractivity contribution in [1.82, 2.24) is 10.6 Å². The summed E-state index contributed by atoms with van der Waals surface area (Å²) in [5.74, 6) is 0.966. The summed E-state index contributed by atoms with van der Waals surface area (Å²) in [4.78, 5) is 14.9. The lowest BCUT2D eigenvalue weighted by Crippen LogP contribution is -2.34. The summed E-state index contributed by atoms with van der Waals surface area (Å²) in [6.45, 7) is 1.24. The number of likely N-dealkylation sites (N-methyl/N-ethyl adjacent to an activating group) is 1. The second kappa shape index (κ2) is 3.95. The molecule has 0 atom stereocenters. The SMILES string of the molecule is CNC(=O)CNC1=NCCC1. The van der Waals surface area contributed by atoms with E-state index in [1.54, 1.807) is 7.05 Å². The van der Waals surface area contributed by atoms with E-state index in [4.69, 9.17) is 0 Å². The highest BCUT2D eigenvalue weighted by molar-refractivity contribution is 5.88. The summed E-state index contributed by atoms with van der Waals surface area (Å²) in [6, 6.07) is 0. The number of hydrogen-bond donors (Lipinski definition) is 2. The first kappa shape index (κ1) is 8.04. The van der Waals surface area contributed by atoms with Gasteiger partial charge in [-0.15, -0.1) is 0 Å². The van der Waals surface area contributed by atoms with E-state index in [1.165, 1.54) is 0 Å². The monoisotopic (exact) mass is 155 g/mol. The Kier molecular flexibility index (Phi) is 2.89. The quantitative estimate of drug-likeness (QED) is 0.565. The minimum atomic E-state index is -0.000370. The third kappa shape index (κ3) is 2.57. The van der Waals surface area contributed by atoms with E-state index in [0.717, 1.165) is 25.2 Å². The van der Waals surface area contributed by atoms with Gasteiger partial charge in [0.05, 0.1) is 12.4 Å². The molecule has 0 saturated heterocycles. The van der Waals surface area contributed by atoms with Crippen LogP contribution in [0.2, 0.25) is 0 Å². The van der Waals surface area contributed by atoms with Gasteiger partial charge in [0.1, 0.15) is 0 Å². The Bertz CT molecular complexity index is 177. The normalized spacial score (nSPS) is 15.9. The van der Waals surface area contributed by atoms with Crippen LogP contribution in [0.4, 0.5) is 0 Å². The fourth-order valence-corrected chi connectivity index (χ4v) is 0.955. The van der Waals surface area contributed by atoms with Gasteiger partial charge in [-0.3, -0.25) is 9.79 Å². The Morgan fingerprint density at radius 1 is 1.73 bits per heavy atom. The Labute approximate surface area is 66.1 Å². The van der Waals surface area contributed by atoms with Gasteiger partial charge in [0, 0.05) is 20.0 Å². The number of nitrogens with one attached hydrogen (secondary N) is 2. The van der Waals surface area contributed by atoms with Crippen LogP contribution in [0, 0.1) is 0 Å². The summed E-state index contributed by atoms with van der Waals surface area (Å²) in [7, 11) is 1.63. The minimum Gasteiger partial charge on any atom is -0.365 e. The van der Waals surface area contributed by atoms with Gasteiger partial charge < -0.3 is 10.6 Å². The van der Waals surface area contributed by atoms with Crippen molar-refractivity contribution in [2.24, 2.45) is 4.99 Å². The van der Waals surface area contributed by atoms with Gasteiger partial charge in [-0.05, 0) is 6.42 Å². The van der Waals surface area contributed by atoms with E-state index in [2.05, 4.69) is 15.6 Å². The average molecular weight is 155 g/mol. The van der Waals surface area contributed by atoms with E-state index in [-0.39, 0.29) is 5.91 Å². The molecule has 1 aliphatic rings. The van der Waals surface area contributed by atoms with E-state index in [1.807, 2.05) is 0 Å². The van der Waals surface area contributed by atoms with Crippen LogP contribution >= 0.6 is 0 Å². The molecular weight excluding hydrogens is 142 g/mol. The van der Waals surface area contributed by atoms with Gasteiger partial charge in [-0.2, -0.15) is 0 Å². The summed E-state index contributed by atoms with van der Waals surface area (Å²) < 4.78 is 0. The predicted octanol–water partition coefficient (Wildman–Crippen LogP) is -0.486. The highest BCUT2D eigenvalue weighted by atomic mass is 16.1. The van der Waals surface area contributed by atoms with E-state index >= 15 is 0 Å². The van der Waals surface area contributed by atoms with Gasteiger partial charge in [0.25, 0.3) is 0 Å². The Hall–Kier alpha value is -1.06. The fourth-order valence-electron chi connectivity index (χ4n) is 0.955. The number of hydrogen-bond acceptors (Lipinski definition) is 3. The van der Waals surface area contributed by atoms with Gasteiger partial charge in [0.15, 0.2) is 0 Å². The van der Waals surface area contributed by atoms with Gasteiger partial charge in [-0.1, -0.05) is 0 Å². The molecule has 2 N–H and O–H groups in total. The first-order chi connectivity index (χ1) is 5.33. The molecule has 0 aliphatic carbocycles. The molecule has 62 valence electrons. The van der Waals surface area contributed by atoms with E-state index < -0.39 is 0 Å². The van der Waals surface area contributed by atoms with Gasteiger partial charge in [0.2, 0.25) is 5.91 Å². The predicted molar refractivity (Wildman–Crippen MR) is 43.6 cm³/mol. The molecule has 1 aliphatic heterocycles. The number of nitrogens with zero attached hydrogens (tertiary/aromatic N) is 1. The van der Waals surface area contributed by atoms with Crippen molar-refractivity contribution >= 4 is 11.7 Å². The standard InChI is InChI=1S/C7H13N3O/c1-8-7(11)5-10-6-3-2-4-9-6/h2-5H2,1H3,(H,8,11)(H,9,10). The molecule has 4 heteroatoms. The molecular formula is C7H13N3O. The second-order valence-electron chi connectivity index (χ2n) is 2.46. The number of amidine groups is 1. The van der Waals surface area contributed by atoms with Crippen molar-refractivity contribution in [3.05, 3.63) is 0 Å². The molecule has 0 unspecified atom stereocenters. The van der Waals surface area contributed by atoms with Crippen LogP contribution in [0.25, 0.3) is 0 Å². The minimum absolute atomic E-state index is 0.000370. The zero-order chi connectivity index (χ0) is 8.10. The molecule has 0 aromatic heterocycles. The molecule has 0 spiro atoms. The number of amides is 1. The van der Waals surface area contributed by atoms with Gasteiger partial charge >= 0.3 is 0 Å². The van der Waals surface area contributed by atoms with Crippen LogP contribution < -0.4 is 10.6 Å². The number of carbonyl (C=O) groups excluding carboxylic acids is 1. The summed E-state index contributed by atoms with van der Waals surface area (Å²) in [5.41, 5.74) is 0. The third-order valence-electron chi connectivity index (χ3n) is 1.61. The van der Waals surface area contributed by atoms with Crippen molar-refractivity contribution in [3.63, 3.8) is 0 Å². The molecule has 11 heavy (non-hydrogen) atoms. The maximum Gasteiger partial charge on any atom is 0.239 e. The Balaban J connectivity index is 2.16. The van der Waals surface area contributed by atoms with Crippen LogP contribution in [0.3, 0.4) is 0 Å². The lowest BCUT2D eigenvalue weighted by atomic mass is 10.3. The van der Waals surface area contributed by atoms with Crippen LogP contribution in [0.15, 0.2) is 4.99 Å². The zero-order valence-corrected chi connectivity index (χ0v) is 6.68.